The molecule has 0 aliphatic carbocycles. The van der Waals surface area contributed by atoms with Crippen LogP contribution in [-0.4, -0.2) is 79.7 Å². The van der Waals surface area contributed by atoms with E-state index in [1.54, 1.807) is 17.0 Å². The lowest BCUT2D eigenvalue weighted by atomic mass is 9.85. The molecule has 0 bridgehead atoms. The van der Waals surface area contributed by atoms with Crippen LogP contribution in [0.4, 0.5) is 5.69 Å². The van der Waals surface area contributed by atoms with Crippen LogP contribution >= 0.6 is 0 Å². The molecule has 41 heavy (non-hydrogen) atoms. The Balaban J connectivity index is 1.31. The number of aliphatic hydroxyl groups excluding tert-OH is 1. The summed E-state index contributed by atoms with van der Waals surface area (Å²) >= 11 is 0. The zero-order valence-corrected chi connectivity index (χ0v) is 23.3. The molecule has 2 aromatic carbocycles. The number of allylic oxidation sites excluding steroid dienone is 1. The van der Waals surface area contributed by atoms with Crippen LogP contribution < -0.4 is 10.2 Å². The van der Waals surface area contributed by atoms with Crippen LogP contribution in [0.2, 0.25) is 0 Å². The Morgan fingerprint density at radius 3 is 2.49 bits per heavy atom. The Kier molecular flexibility index (Phi) is 8.90. The van der Waals surface area contributed by atoms with Gasteiger partial charge < -0.3 is 34.4 Å². The standard InChI is InChI=1S/C31H37N3O7/c1-39-29(37)23-11-9-22(10-12-23)24-19-26(41-27(20-24)40-18-6-5-17-35)28(36)33-15-13-31(14-16-33)30(38)32-21-34(31)25-7-3-2-4-8-25/h2-4,7-12,19,24,27,35H,5-6,13-18,20-21H2,1H3,(H,32,38)/t24-,27+/m0/s1. The van der Waals surface area contributed by atoms with E-state index in [0.29, 0.717) is 64.0 Å². The minimum absolute atomic E-state index is 0.00612. The van der Waals surface area contributed by atoms with Gasteiger partial charge in [-0.15, -0.1) is 0 Å². The smallest absolute Gasteiger partial charge is 0.337 e. The molecule has 0 radical (unpaired) electrons. The number of likely N-dealkylation sites (tertiary alicyclic amines) is 1. The van der Waals surface area contributed by atoms with E-state index in [1.807, 2.05) is 48.5 Å². The summed E-state index contributed by atoms with van der Waals surface area (Å²) in [6, 6.07) is 17.0. The van der Waals surface area contributed by atoms with E-state index in [1.165, 1.54) is 7.11 Å². The molecule has 10 heteroatoms. The fraction of sp³-hybridized carbons (Fsp3) is 0.452. The summed E-state index contributed by atoms with van der Waals surface area (Å²) in [5.74, 6) is -0.595. The molecule has 3 aliphatic heterocycles. The van der Waals surface area contributed by atoms with Crippen LogP contribution in [-0.2, 0) is 23.8 Å². The van der Waals surface area contributed by atoms with Crippen LogP contribution in [0, 0.1) is 0 Å². The molecular formula is C31H37N3O7. The number of para-hydroxylation sites is 1. The van der Waals surface area contributed by atoms with Crippen molar-refractivity contribution < 1.29 is 33.7 Å². The molecule has 0 aromatic heterocycles. The van der Waals surface area contributed by atoms with Gasteiger partial charge in [-0.2, -0.15) is 0 Å². The number of piperidine rings is 1. The number of ether oxygens (including phenoxy) is 3. The monoisotopic (exact) mass is 563 g/mol. The largest absolute Gasteiger partial charge is 0.465 e. The van der Waals surface area contributed by atoms with Crippen molar-refractivity contribution in [2.24, 2.45) is 0 Å². The van der Waals surface area contributed by atoms with Gasteiger partial charge in [-0.25, -0.2) is 4.79 Å². The van der Waals surface area contributed by atoms with Crippen LogP contribution in [0.5, 0.6) is 0 Å². The van der Waals surface area contributed by atoms with E-state index in [9.17, 15) is 14.4 Å². The fourth-order valence-corrected chi connectivity index (χ4v) is 5.82. The summed E-state index contributed by atoms with van der Waals surface area (Å²) < 4.78 is 16.8. The lowest BCUT2D eigenvalue weighted by molar-refractivity contribution is -0.154. The minimum atomic E-state index is -0.692. The molecular weight excluding hydrogens is 526 g/mol. The van der Waals surface area contributed by atoms with Gasteiger partial charge in [0.2, 0.25) is 12.2 Å². The summed E-state index contributed by atoms with van der Waals surface area (Å²) in [6.45, 7) is 1.76. The lowest BCUT2D eigenvalue weighted by Gasteiger charge is -2.43. The normalized spacial score (nSPS) is 21.7. The summed E-state index contributed by atoms with van der Waals surface area (Å²) in [5.41, 5.74) is 1.66. The number of nitrogens with zero attached hydrogens (tertiary/aromatic N) is 2. The Hall–Kier alpha value is -3.89. The van der Waals surface area contributed by atoms with E-state index in [2.05, 4.69) is 10.2 Å². The van der Waals surface area contributed by atoms with Gasteiger partial charge in [-0.3, -0.25) is 9.59 Å². The van der Waals surface area contributed by atoms with E-state index >= 15 is 0 Å². The summed E-state index contributed by atoms with van der Waals surface area (Å²) in [6.07, 6.45) is 4.01. The number of esters is 1. The summed E-state index contributed by atoms with van der Waals surface area (Å²) in [7, 11) is 1.34. The zero-order valence-electron chi connectivity index (χ0n) is 23.3. The summed E-state index contributed by atoms with van der Waals surface area (Å²) in [4.78, 5) is 42.5. The molecule has 5 rings (SSSR count). The van der Waals surface area contributed by atoms with Gasteiger partial charge in [0, 0.05) is 37.7 Å². The van der Waals surface area contributed by atoms with Crippen LogP contribution in [0.25, 0.3) is 0 Å². The molecule has 0 unspecified atom stereocenters. The number of nitrogens with one attached hydrogen (secondary N) is 1. The Bertz CT molecular complexity index is 1260. The van der Waals surface area contributed by atoms with Gasteiger partial charge >= 0.3 is 5.97 Å². The maximum atomic E-state index is 13.7. The van der Waals surface area contributed by atoms with Gasteiger partial charge in [0.1, 0.15) is 5.54 Å². The van der Waals surface area contributed by atoms with Crippen molar-refractivity contribution in [1.82, 2.24) is 10.2 Å². The molecule has 2 fully saturated rings. The van der Waals surface area contributed by atoms with Gasteiger partial charge in [0.25, 0.3) is 5.91 Å². The first-order valence-electron chi connectivity index (χ1n) is 14.1. The number of carbonyl (C=O) groups is 3. The van der Waals surface area contributed by atoms with E-state index in [0.717, 1.165) is 11.3 Å². The fourth-order valence-electron chi connectivity index (χ4n) is 5.82. The number of rotatable bonds is 9. The van der Waals surface area contributed by atoms with Gasteiger partial charge in [-0.1, -0.05) is 30.3 Å². The van der Waals surface area contributed by atoms with Crippen molar-refractivity contribution in [3.63, 3.8) is 0 Å². The highest BCUT2D eigenvalue weighted by Crippen LogP contribution is 2.38. The third kappa shape index (κ3) is 6.08. The Labute approximate surface area is 239 Å². The molecule has 1 spiro atoms. The quantitative estimate of drug-likeness (QED) is 0.353. The predicted molar refractivity (Wildman–Crippen MR) is 151 cm³/mol. The zero-order chi connectivity index (χ0) is 28.8. The van der Waals surface area contributed by atoms with E-state index in [4.69, 9.17) is 19.3 Å². The van der Waals surface area contributed by atoms with Crippen LogP contribution in [0.15, 0.2) is 66.4 Å². The summed E-state index contributed by atoms with van der Waals surface area (Å²) in [5, 5.41) is 12.1. The maximum Gasteiger partial charge on any atom is 0.337 e. The number of methoxy groups -OCH3 is 1. The van der Waals surface area contributed by atoms with Crippen molar-refractivity contribution in [1.29, 1.82) is 0 Å². The molecule has 2 atom stereocenters. The van der Waals surface area contributed by atoms with E-state index < -0.39 is 17.8 Å². The average Bonchev–Trinajstić information content (AvgIpc) is 3.33. The molecule has 0 saturated carbocycles. The second kappa shape index (κ2) is 12.7. The van der Waals surface area contributed by atoms with Crippen LogP contribution in [0.3, 0.4) is 0 Å². The number of anilines is 1. The van der Waals surface area contributed by atoms with Crippen LogP contribution in [0.1, 0.15) is 53.9 Å². The third-order valence-corrected chi connectivity index (χ3v) is 8.17. The van der Waals surface area contributed by atoms with Gasteiger partial charge in [0.15, 0.2) is 5.76 Å². The SMILES string of the molecule is COC(=O)c1ccc([C@H]2C=C(C(=O)N3CCC4(CC3)C(=O)NCN4c3ccccc3)O[C@@H](OCCCCO)C2)cc1. The molecule has 2 saturated heterocycles. The van der Waals surface area contributed by atoms with Crippen molar-refractivity contribution in [3.05, 3.63) is 77.6 Å². The van der Waals surface area contributed by atoms with Crippen molar-refractivity contribution >= 4 is 23.5 Å². The van der Waals surface area contributed by atoms with Crippen molar-refractivity contribution in [3.8, 4) is 0 Å². The molecule has 218 valence electrons. The number of hydrogen-bond acceptors (Lipinski definition) is 8. The second-order valence-corrected chi connectivity index (χ2v) is 10.6. The number of hydrogen-bond donors (Lipinski definition) is 2. The number of unbranched alkanes of at least 4 members (excludes halogenated alkanes) is 1. The third-order valence-electron chi connectivity index (χ3n) is 8.17. The number of aliphatic hydroxyl groups is 1. The first-order valence-corrected chi connectivity index (χ1v) is 14.1. The maximum absolute atomic E-state index is 13.7. The Morgan fingerprint density at radius 2 is 1.80 bits per heavy atom. The molecule has 2 amide bonds. The number of benzene rings is 2. The predicted octanol–water partition coefficient (Wildman–Crippen LogP) is 2.93. The highest BCUT2D eigenvalue weighted by Gasteiger charge is 2.51. The highest BCUT2D eigenvalue weighted by atomic mass is 16.7. The minimum Gasteiger partial charge on any atom is -0.465 e. The second-order valence-electron chi connectivity index (χ2n) is 10.6. The number of carbonyl (C=O) groups excluding carboxylic acids is 3. The number of amides is 2. The van der Waals surface area contributed by atoms with Crippen molar-refractivity contribution in [2.45, 2.75) is 49.9 Å². The molecule has 3 heterocycles. The Morgan fingerprint density at radius 1 is 1.07 bits per heavy atom. The van der Waals surface area contributed by atoms with Crippen molar-refractivity contribution in [2.75, 3.05) is 45.0 Å². The molecule has 2 aromatic rings. The van der Waals surface area contributed by atoms with Gasteiger partial charge in [-0.05, 0) is 61.6 Å². The average molecular weight is 564 g/mol. The first-order chi connectivity index (χ1) is 19.9. The topological polar surface area (TPSA) is 118 Å². The first kappa shape index (κ1) is 28.6. The van der Waals surface area contributed by atoms with E-state index in [-0.39, 0.29) is 30.1 Å². The molecule has 10 nitrogen and oxygen atoms in total. The van der Waals surface area contributed by atoms with Gasteiger partial charge in [0.05, 0.1) is 25.9 Å². The highest BCUT2D eigenvalue weighted by molar-refractivity contribution is 5.95. The molecule has 2 N–H and O–H groups in total. The molecule has 3 aliphatic rings. The lowest BCUT2D eigenvalue weighted by Crippen LogP contribution is -2.57.